The van der Waals surface area contributed by atoms with Gasteiger partial charge in [0.2, 0.25) is 0 Å². The molecule has 0 bridgehead atoms. The number of nitrogens with zero attached hydrogens (tertiary/aromatic N) is 2. The van der Waals surface area contributed by atoms with E-state index >= 15 is 0 Å². The Balaban J connectivity index is 0.00000208. The number of guanidine groups is 1. The van der Waals surface area contributed by atoms with Crippen LogP contribution in [-0.4, -0.2) is 49.9 Å². The number of halogens is 1. The Bertz CT molecular complexity index is 643. The van der Waals surface area contributed by atoms with Gasteiger partial charge in [-0.2, -0.15) is 0 Å². The largest absolute Gasteiger partial charge is 0.343 e. The van der Waals surface area contributed by atoms with E-state index in [9.17, 15) is 8.42 Å². The minimum atomic E-state index is -2.94. The lowest BCUT2D eigenvalue weighted by atomic mass is 10.1. The predicted molar refractivity (Wildman–Crippen MR) is 110 cm³/mol. The number of hydrogen-bond acceptors (Lipinski definition) is 3. The van der Waals surface area contributed by atoms with E-state index in [1.165, 1.54) is 6.42 Å². The monoisotopic (exact) mass is 463 g/mol. The Labute approximate surface area is 161 Å². The van der Waals surface area contributed by atoms with E-state index in [-0.39, 0.29) is 29.2 Å². The fourth-order valence-electron chi connectivity index (χ4n) is 3.23. The maximum atomic E-state index is 12.0. The van der Waals surface area contributed by atoms with Crippen LogP contribution in [0.1, 0.15) is 32.1 Å². The van der Waals surface area contributed by atoms with Gasteiger partial charge >= 0.3 is 0 Å². The molecule has 24 heavy (non-hydrogen) atoms. The van der Waals surface area contributed by atoms with Gasteiger partial charge in [0.05, 0.1) is 17.5 Å². The topological polar surface area (TPSA) is 61.8 Å². The Morgan fingerprint density at radius 3 is 2.46 bits per heavy atom. The Hall–Kier alpha value is -0.830. The van der Waals surface area contributed by atoms with Gasteiger partial charge < -0.3 is 10.2 Å². The van der Waals surface area contributed by atoms with Gasteiger partial charge in [-0.05, 0) is 44.2 Å². The number of para-hydroxylation sites is 1. The second-order valence-corrected chi connectivity index (χ2v) is 8.73. The standard InChI is InChI=1S/C17H25N3O2S.HI/c21-23(22)13-7-10-16(23)14-18-17(20-11-5-2-6-12-20)19-15-8-3-1-4-9-15;/h1,3-4,8-9,16H,2,5-7,10-14H2,(H,18,19);1H. The van der Waals surface area contributed by atoms with Crippen LogP contribution in [-0.2, 0) is 9.84 Å². The summed E-state index contributed by atoms with van der Waals surface area (Å²) in [5, 5.41) is 3.08. The normalized spacial score (nSPS) is 23.6. The summed E-state index contributed by atoms with van der Waals surface area (Å²) in [7, 11) is -2.94. The van der Waals surface area contributed by atoms with E-state index in [0.717, 1.165) is 50.4 Å². The van der Waals surface area contributed by atoms with Crippen molar-refractivity contribution in [3.05, 3.63) is 30.3 Å². The molecular formula is C17H26IN3O2S. The lowest BCUT2D eigenvalue weighted by Crippen LogP contribution is -2.40. The van der Waals surface area contributed by atoms with Gasteiger partial charge in [0.1, 0.15) is 0 Å². The molecule has 7 heteroatoms. The van der Waals surface area contributed by atoms with Gasteiger partial charge in [-0.3, -0.25) is 4.99 Å². The molecule has 0 saturated carbocycles. The number of hydrogen-bond donors (Lipinski definition) is 1. The lowest BCUT2D eigenvalue weighted by Gasteiger charge is -2.30. The summed E-state index contributed by atoms with van der Waals surface area (Å²) in [5.74, 6) is 1.14. The summed E-state index contributed by atoms with van der Waals surface area (Å²) in [6.45, 7) is 2.33. The molecule has 2 fully saturated rings. The molecule has 2 aliphatic heterocycles. The molecule has 2 saturated heterocycles. The average Bonchev–Trinajstić information content (AvgIpc) is 2.92. The second kappa shape index (κ2) is 9.03. The van der Waals surface area contributed by atoms with Crippen LogP contribution in [0.2, 0.25) is 0 Å². The first-order valence-electron chi connectivity index (χ1n) is 8.48. The van der Waals surface area contributed by atoms with Gasteiger partial charge in [0.25, 0.3) is 0 Å². The van der Waals surface area contributed by atoms with Gasteiger partial charge in [0.15, 0.2) is 15.8 Å². The molecule has 1 atom stereocenters. The molecule has 1 unspecified atom stereocenters. The van der Waals surface area contributed by atoms with E-state index in [0.29, 0.717) is 12.3 Å². The van der Waals surface area contributed by atoms with Crippen LogP contribution in [0.15, 0.2) is 35.3 Å². The van der Waals surface area contributed by atoms with Crippen LogP contribution in [0.4, 0.5) is 5.69 Å². The molecule has 1 aromatic carbocycles. The van der Waals surface area contributed by atoms with Crippen molar-refractivity contribution in [3.8, 4) is 0 Å². The highest BCUT2D eigenvalue weighted by Crippen LogP contribution is 2.21. The van der Waals surface area contributed by atoms with Crippen LogP contribution in [0.5, 0.6) is 0 Å². The first-order valence-corrected chi connectivity index (χ1v) is 10.2. The molecule has 1 N–H and O–H groups in total. The Morgan fingerprint density at radius 1 is 1.12 bits per heavy atom. The average molecular weight is 463 g/mol. The van der Waals surface area contributed by atoms with E-state index in [1.54, 1.807) is 0 Å². The van der Waals surface area contributed by atoms with Crippen molar-refractivity contribution < 1.29 is 8.42 Å². The fraction of sp³-hybridized carbons (Fsp3) is 0.588. The third-order valence-corrected chi connectivity index (χ3v) is 6.85. The third kappa shape index (κ3) is 5.08. The van der Waals surface area contributed by atoms with Gasteiger partial charge in [-0.1, -0.05) is 18.2 Å². The molecule has 2 aliphatic rings. The summed E-state index contributed by atoms with van der Waals surface area (Å²) in [6, 6.07) is 9.96. The molecule has 0 aliphatic carbocycles. The molecule has 0 radical (unpaired) electrons. The summed E-state index contributed by atoms with van der Waals surface area (Å²) in [5.41, 5.74) is 0.992. The third-order valence-electron chi connectivity index (χ3n) is 4.59. The van der Waals surface area contributed by atoms with Crippen LogP contribution >= 0.6 is 24.0 Å². The maximum Gasteiger partial charge on any atom is 0.198 e. The first-order chi connectivity index (χ1) is 11.1. The number of aliphatic imine (C=N–C) groups is 1. The van der Waals surface area contributed by atoms with Crippen molar-refractivity contribution in [1.29, 1.82) is 0 Å². The van der Waals surface area contributed by atoms with E-state index in [1.807, 2.05) is 30.3 Å². The highest BCUT2D eigenvalue weighted by molar-refractivity contribution is 14.0. The summed E-state index contributed by atoms with van der Waals surface area (Å²) >= 11 is 0. The molecule has 1 aromatic rings. The van der Waals surface area contributed by atoms with Gasteiger partial charge in [-0.15, -0.1) is 24.0 Å². The summed E-state index contributed by atoms with van der Waals surface area (Å²) < 4.78 is 24.0. The van der Waals surface area contributed by atoms with Crippen LogP contribution in [0.25, 0.3) is 0 Å². The van der Waals surface area contributed by atoms with Crippen molar-refractivity contribution in [1.82, 2.24) is 4.90 Å². The number of nitrogens with one attached hydrogen (secondary N) is 1. The van der Waals surface area contributed by atoms with Crippen molar-refractivity contribution in [2.75, 3.05) is 30.7 Å². The summed E-state index contributed by atoms with van der Waals surface area (Å²) in [6.07, 6.45) is 5.10. The number of sulfone groups is 1. The second-order valence-electron chi connectivity index (χ2n) is 6.33. The molecule has 0 amide bonds. The molecular weight excluding hydrogens is 437 g/mol. The number of anilines is 1. The number of likely N-dealkylation sites (tertiary alicyclic amines) is 1. The summed E-state index contributed by atoms with van der Waals surface area (Å²) in [4.78, 5) is 6.92. The van der Waals surface area contributed by atoms with E-state index in [4.69, 9.17) is 0 Å². The molecule has 2 heterocycles. The minimum absolute atomic E-state index is 0. The van der Waals surface area contributed by atoms with E-state index in [2.05, 4.69) is 15.2 Å². The molecule has 5 nitrogen and oxygen atoms in total. The van der Waals surface area contributed by atoms with Crippen molar-refractivity contribution >= 4 is 45.5 Å². The lowest BCUT2D eigenvalue weighted by molar-refractivity contribution is 0.340. The maximum absolute atomic E-state index is 12.0. The molecule has 3 rings (SSSR count). The molecule has 0 aromatic heterocycles. The molecule has 0 spiro atoms. The van der Waals surface area contributed by atoms with Crippen molar-refractivity contribution in [2.45, 2.75) is 37.4 Å². The zero-order valence-electron chi connectivity index (χ0n) is 13.9. The zero-order valence-corrected chi connectivity index (χ0v) is 17.0. The van der Waals surface area contributed by atoms with Gasteiger partial charge in [-0.25, -0.2) is 8.42 Å². The van der Waals surface area contributed by atoms with Gasteiger partial charge in [0, 0.05) is 18.8 Å². The Kier molecular flexibility index (Phi) is 7.34. The highest BCUT2D eigenvalue weighted by atomic mass is 127. The molecule has 134 valence electrons. The fourth-order valence-corrected chi connectivity index (χ4v) is 4.96. The number of rotatable bonds is 3. The number of benzene rings is 1. The van der Waals surface area contributed by atoms with E-state index < -0.39 is 9.84 Å². The van der Waals surface area contributed by atoms with Crippen molar-refractivity contribution in [3.63, 3.8) is 0 Å². The first kappa shape index (κ1) is 19.5. The smallest absolute Gasteiger partial charge is 0.198 e. The van der Waals surface area contributed by atoms with Crippen LogP contribution < -0.4 is 5.32 Å². The quantitative estimate of drug-likeness (QED) is 0.425. The minimum Gasteiger partial charge on any atom is -0.343 e. The van der Waals surface area contributed by atoms with Crippen LogP contribution in [0.3, 0.4) is 0 Å². The SMILES string of the molecule is I.O=S1(=O)CCCC1CN=C(Nc1ccccc1)N1CCCCC1. The van der Waals surface area contributed by atoms with Crippen LogP contribution in [0, 0.1) is 0 Å². The Morgan fingerprint density at radius 2 is 1.83 bits per heavy atom. The zero-order chi connectivity index (χ0) is 16.1. The highest BCUT2D eigenvalue weighted by Gasteiger charge is 2.31. The predicted octanol–water partition coefficient (Wildman–Crippen LogP) is 3.14. The van der Waals surface area contributed by atoms with Crippen molar-refractivity contribution in [2.24, 2.45) is 4.99 Å². The number of piperidine rings is 1.